The molecule has 0 aliphatic carbocycles. The van der Waals surface area contributed by atoms with Crippen molar-refractivity contribution >= 4 is 11.7 Å². The summed E-state index contributed by atoms with van der Waals surface area (Å²) in [5.74, 6) is 0. The zero-order valence-electron chi connectivity index (χ0n) is 9.31. The number of β-amino-alcohol motifs (C(OH)–C–C–N with tert-alkyl or cyclic N) is 1. The standard InChI is InChI=1S/C12H16N2O2/c1-9-2-4-10(5-3-9)13-12(16)14-7-6-11(15)8-14/h2-5,11,15H,6-8H2,1H3,(H,13,16). The van der Waals surface area contributed by atoms with E-state index in [0.717, 1.165) is 11.3 Å². The number of nitrogens with one attached hydrogen (secondary N) is 1. The average Bonchev–Trinajstić information content (AvgIpc) is 2.68. The van der Waals surface area contributed by atoms with E-state index in [9.17, 15) is 9.90 Å². The van der Waals surface area contributed by atoms with Crippen LogP contribution in [0.3, 0.4) is 0 Å². The van der Waals surface area contributed by atoms with Crippen LogP contribution in [-0.2, 0) is 0 Å². The maximum absolute atomic E-state index is 11.7. The van der Waals surface area contributed by atoms with Crippen molar-refractivity contribution in [2.75, 3.05) is 18.4 Å². The number of rotatable bonds is 1. The number of hydrogen-bond donors (Lipinski definition) is 2. The highest BCUT2D eigenvalue weighted by molar-refractivity contribution is 5.89. The second-order valence-electron chi connectivity index (χ2n) is 4.18. The van der Waals surface area contributed by atoms with Crippen LogP contribution >= 0.6 is 0 Å². The predicted molar refractivity (Wildman–Crippen MR) is 62.4 cm³/mol. The summed E-state index contributed by atoms with van der Waals surface area (Å²) >= 11 is 0. The monoisotopic (exact) mass is 220 g/mol. The fourth-order valence-corrected chi connectivity index (χ4v) is 1.77. The van der Waals surface area contributed by atoms with Crippen molar-refractivity contribution in [1.82, 2.24) is 4.90 Å². The molecule has 1 aromatic carbocycles. The van der Waals surface area contributed by atoms with Gasteiger partial charge in [0.1, 0.15) is 0 Å². The first-order chi connectivity index (χ1) is 7.65. The van der Waals surface area contributed by atoms with E-state index in [1.54, 1.807) is 4.90 Å². The summed E-state index contributed by atoms with van der Waals surface area (Å²) in [5.41, 5.74) is 1.95. The summed E-state index contributed by atoms with van der Waals surface area (Å²) in [6, 6.07) is 7.52. The summed E-state index contributed by atoms with van der Waals surface area (Å²) in [7, 11) is 0. The lowest BCUT2D eigenvalue weighted by Gasteiger charge is -2.16. The zero-order valence-corrected chi connectivity index (χ0v) is 9.31. The first kappa shape index (κ1) is 11.0. The molecule has 16 heavy (non-hydrogen) atoms. The number of urea groups is 1. The van der Waals surface area contributed by atoms with Gasteiger partial charge in [0.2, 0.25) is 0 Å². The molecule has 1 saturated heterocycles. The Morgan fingerprint density at radius 3 is 2.69 bits per heavy atom. The molecule has 0 spiro atoms. The van der Waals surface area contributed by atoms with Crippen LogP contribution in [0.5, 0.6) is 0 Å². The number of benzene rings is 1. The van der Waals surface area contributed by atoms with E-state index in [4.69, 9.17) is 0 Å². The van der Waals surface area contributed by atoms with Crippen LogP contribution in [0.25, 0.3) is 0 Å². The first-order valence-electron chi connectivity index (χ1n) is 5.46. The molecule has 0 radical (unpaired) electrons. The molecule has 1 fully saturated rings. The molecule has 1 atom stereocenters. The lowest BCUT2D eigenvalue weighted by molar-refractivity contribution is 0.176. The third-order valence-corrected chi connectivity index (χ3v) is 2.75. The van der Waals surface area contributed by atoms with Crippen molar-refractivity contribution in [2.24, 2.45) is 0 Å². The molecule has 2 rings (SSSR count). The number of aliphatic hydroxyl groups excluding tert-OH is 1. The molecule has 1 aliphatic heterocycles. The molecule has 1 heterocycles. The SMILES string of the molecule is Cc1ccc(NC(=O)N2CCC(O)C2)cc1. The van der Waals surface area contributed by atoms with E-state index < -0.39 is 0 Å². The topological polar surface area (TPSA) is 52.6 Å². The number of likely N-dealkylation sites (tertiary alicyclic amines) is 1. The smallest absolute Gasteiger partial charge is 0.321 e. The summed E-state index contributed by atoms with van der Waals surface area (Å²) in [5, 5.41) is 12.1. The fourth-order valence-electron chi connectivity index (χ4n) is 1.77. The Balaban J connectivity index is 1.94. The van der Waals surface area contributed by atoms with E-state index in [2.05, 4.69) is 5.32 Å². The molecule has 4 heteroatoms. The number of hydrogen-bond acceptors (Lipinski definition) is 2. The number of amides is 2. The fraction of sp³-hybridized carbons (Fsp3) is 0.417. The van der Waals surface area contributed by atoms with E-state index in [0.29, 0.717) is 19.5 Å². The molecule has 1 aromatic rings. The van der Waals surface area contributed by atoms with Crippen molar-refractivity contribution in [3.63, 3.8) is 0 Å². The zero-order chi connectivity index (χ0) is 11.5. The largest absolute Gasteiger partial charge is 0.391 e. The molecule has 4 nitrogen and oxygen atoms in total. The maximum Gasteiger partial charge on any atom is 0.321 e. The summed E-state index contributed by atoms with van der Waals surface area (Å²) in [4.78, 5) is 13.4. The van der Waals surface area contributed by atoms with Crippen molar-refractivity contribution < 1.29 is 9.90 Å². The van der Waals surface area contributed by atoms with Crippen LogP contribution in [0.15, 0.2) is 24.3 Å². The minimum absolute atomic E-state index is 0.139. The molecule has 1 aliphatic rings. The number of aryl methyl sites for hydroxylation is 1. The lowest BCUT2D eigenvalue weighted by Crippen LogP contribution is -2.33. The Morgan fingerprint density at radius 2 is 2.12 bits per heavy atom. The van der Waals surface area contributed by atoms with E-state index in [-0.39, 0.29) is 12.1 Å². The molecule has 0 bridgehead atoms. The molecule has 0 saturated carbocycles. The minimum Gasteiger partial charge on any atom is -0.391 e. The number of nitrogens with zero attached hydrogens (tertiary/aromatic N) is 1. The van der Waals surface area contributed by atoms with Gasteiger partial charge in [-0.2, -0.15) is 0 Å². The third-order valence-electron chi connectivity index (χ3n) is 2.75. The van der Waals surface area contributed by atoms with Gasteiger partial charge in [0, 0.05) is 18.8 Å². The van der Waals surface area contributed by atoms with Gasteiger partial charge in [-0.3, -0.25) is 0 Å². The molecule has 2 amide bonds. The third kappa shape index (κ3) is 2.52. The van der Waals surface area contributed by atoms with Gasteiger partial charge in [0.15, 0.2) is 0 Å². The Kier molecular flexibility index (Phi) is 3.10. The van der Waals surface area contributed by atoms with Crippen LogP contribution in [0, 0.1) is 6.92 Å². The normalized spacial score (nSPS) is 19.9. The maximum atomic E-state index is 11.7. The lowest BCUT2D eigenvalue weighted by atomic mass is 10.2. The van der Waals surface area contributed by atoms with Crippen molar-refractivity contribution in [2.45, 2.75) is 19.4 Å². The molecule has 86 valence electrons. The van der Waals surface area contributed by atoms with Gasteiger partial charge in [-0.1, -0.05) is 17.7 Å². The summed E-state index contributed by atoms with van der Waals surface area (Å²) in [6.07, 6.45) is 0.296. The Labute approximate surface area is 94.9 Å². The van der Waals surface area contributed by atoms with Gasteiger partial charge < -0.3 is 15.3 Å². The first-order valence-corrected chi connectivity index (χ1v) is 5.46. The van der Waals surface area contributed by atoms with Gasteiger partial charge in [-0.05, 0) is 25.5 Å². The predicted octanol–water partition coefficient (Wildman–Crippen LogP) is 1.59. The molecule has 0 aromatic heterocycles. The van der Waals surface area contributed by atoms with Gasteiger partial charge >= 0.3 is 6.03 Å². The van der Waals surface area contributed by atoms with E-state index >= 15 is 0 Å². The average molecular weight is 220 g/mol. The van der Waals surface area contributed by atoms with Crippen LogP contribution in [0.2, 0.25) is 0 Å². The Morgan fingerprint density at radius 1 is 1.44 bits per heavy atom. The highest BCUT2D eigenvalue weighted by Gasteiger charge is 2.24. The second-order valence-corrected chi connectivity index (χ2v) is 4.18. The van der Waals surface area contributed by atoms with Crippen LogP contribution in [0.4, 0.5) is 10.5 Å². The molecular formula is C12H16N2O2. The van der Waals surface area contributed by atoms with Gasteiger partial charge in [-0.15, -0.1) is 0 Å². The Hall–Kier alpha value is -1.55. The highest BCUT2D eigenvalue weighted by Crippen LogP contribution is 2.13. The number of carbonyl (C=O) groups excluding carboxylic acids is 1. The molecular weight excluding hydrogens is 204 g/mol. The van der Waals surface area contributed by atoms with E-state index in [1.165, 1.54) is 0 Å². The van der Waals surface area contributed by atoms with Crippen LogP contribution < -0.4 is 5.32 Å². The molecule has 1 unspecified atom stereocenters. The molecule has 2 N–H and O–H groups in total. The van der Waals surface area contributed by atoms with Crippen molar-refractivity contribution in [3.8, 4) is 0 Å². The second kappa shape index (κ2) is 4.53. The number of aliphatic hydroxyl groups is 1. The van der Waals surface area contributed by atoms with Gasteiger partial charge in [0.25, 0.3) is 0 Å². The van der Waals surface area contributed by atoms with Gasteiger partial charge in [0.05, 0.1) is 6.10 Å². The number of carbonyl (C=O) groups is 1. The summed E-state index contributed by atoms with van der Waals surface area (Å²) in [6.45, 7) is 3.05. The van der Waals surface area contributed by atoms with Crippen molar-refractivity contribution in [1.29, 1.82) is 0 Å². The van der Waals surface area contributed by atoms with Crippen LogP contribution in [-0.4, -0.2) is 35.2 Å². The minimum atomic E-state index is -0.372. The Bertz CT molecular complexity index is 375. The quantitative estimate of drug-likeness (QED) is 0.755. The van der Waals surface area contributed by atoms with Crippen molar-refractivity contribution in [3.05, 3.63) is 29.8 Å². The number of anilines is 1. The van der Waals surface area contributed by atoms with Crippen LogP contribution in [0.1, 0.15) is 12.0 Å². The van der Waals surface area contributed by atoms with Gasteiger partial charge in [-0.25, -0.2) is 4.79 Å². The van der Waals surface area contributed by atoms with E-state index in [1.807, 2.05) is 31.2 Å². The summed E-state index contributed by atoms with van der Waals surface area (Å²) < 4.78 is 0. The highest BCUT2D eigenvalue weighted by atomic mass is 16.3.